The lowest BCUT2D eigenvalue weighted by Crippen LogP contribution is -2.32. The van der Waals surface area contributed by atoms with Crippen molar-refractivity contribution in [1.29, 1.82) is 0 Å². The van der Waals surface area contributed by atoms with Crippen LogP contribution in [-0.2, 0) is 9.59 Å². The molecule has 0 spiro atoms. The van der Waals surface area contributed by atoms with Gasteiger partial charge in [0, 0.05) is 16.8 Å². The predicted molar refractivity (Wildman–Crippen MR) is 123 cm³/mol. The molecule has 5 nitrogen and oxygen atoms in total. The molecule has 4 rings (SSSR count). The minimum atomic E-state index is -0.531. The Morgan fingerprint density at radius 2 is 1.72 bits per heavy atom. The van der Waals surface area contributed by atoms with Gasteiger partial charge in [-0.25, -0.2) is 9.29 Å². The number of nitrogens with zero attached hydrogens (tertiary/aromatic N) is 1. The van der Waals surface area contributed by atoms with Crippen LogP contribution in [0, 0.1) is 5.82 Å². The SMILES string of the molecule is CCCOc1cccc(NC2=C(c3ccc(F)cc3)C(=O)N(c3cccc(Cl)c3)C2=O)c1. The van der Waals surface area contributed by atoms with Gasteiger partial charge in [0.2, 0.25) is 0 Å². The van der Waals surface area contributed by atoms with E-state index in [0.717, 1.165) is 11.3 Å². The molecule has 7 heteroatoms. The van der Waals surface area contributed by atoms with Gasteiger partial charge in [0.1, 0.15) is 17.3 Å². The summed E-state index contributed by atoms with van der Waals surface area (Å²) in [5.41, 5.74) is 1.60. The summed E-state index contributed by atoms with van der Waals surface area (Å²) in [6.45, 7) is 2.57. The number of ether oxygens (including phenoxy) is 1. The maximum Gasteiger partial charge on any atom is 0.282 e. The molecule has 32 heavy (non-hydrogen) atoms. The number of anilines is 2. The zero-order valence-electron chi connectivity index (χ0n) is 17.3. The number of carbonyl (C=O) groups is 2. The number of hydrogen-bond donors (Lipinski definition) is 1. The third kappa shape index (κ3) is 4.36. The van der Waals surface area contributed by atoms with Gasteiger partial charge in [-0.3, -0.25) is 9.59 Å². The molecule has 1 heterocycles. The summed E-state index contributed by atoms with van der Waals surface area (Å²) in [4.78, 5) is 27.8. The van der Waals surface area contributed by atoms with Gasteiger partial charge in [-0.05, 0) is 54.4 Å². The Morgan fingerprint density at radius 1 is 0.969 bits per heavy atom. The Balaban J connectivity index is 1.76. The van der Waals surface area contributed by atoms with Crippen LogP contribution in [0.2, 0.25) is 5.02 Å². The van der Waals surface area contributed by atoms with Gasteiger partial charge in [-0.2, -0.15) is 0 Å². The fraction of sp³-hybridized carbons (Fsp3) is 0.120. The van der Waals surface area contributed by atoms with Gasteiger partial charge in [0.25, 0.3) is 11.8 Å². The van der Waals surface area contributed by atoms with E-state index < -0.39 is 17.6 Å². The average molecular weight is 451 g/mol. The minimum absolute atomic E-state index is 0.0919. The minimum Gasteiger partial charge on any atom is -0.494 e. The predicted octanol–water partition coefficient (Wildman–Crippen LogP) is 5.66. The van der Waals surface area contributed by atoms with Crippen LogP contribution in [0.5, 0.6) is 5.75 Å². The molecule has 0 saturated carbocycles. The molecule has 2 amide bonds. The van der Waals surface area contributed by atoms with Crippen molar-refractivity contribution >= 4 is 40.4 Å². The van der Waals surface area contributed by atoms with Crippen molar-refractivity contribution in [1.82, 2.24) is 0 Å². The summed E-state index contributed by atoms with van der Waals surface area (Å²) in [6, 6.07) is 19.1. The lowest BCUT2D eigenvalue weighted by Gasteiger charge is -2.16. The molecular formula is C25H20ClFN2O3. The third-order valence-electron chi connectivity index (χ3n) is 4.86. The molecule has 0 aromatic heterocycles. The molecule has 162 valence electrons. The van der Waals surface area contributed by atoms with E-state index in [0.29, 0.717) is 34.3 Å². The summed E-state index contributed by atoms with van der Waals surface area (Å²) >= 11 is 6.08. The molecule has 0 fully saturated rings. The number of nitrogens with one attached hydrogen (secondary N) is 1. The van der Waals surface area contributed by atoms with Crippen molar-refractivity contribution in [3.8, 4) is 5.75 Å². The molecule has 0 atom stereocenters. The second-order valence-electron chi connectivity index (χ2n) is 7.18. The topological polar surface area (TPSA) is 58.6 Å². The zero-order valence-corrected chi connectivity index (χ0v) is 18.0. The van der Waals surface area contributed by atoms with Gasteiger partial charge in [-0.15, -0.1) is 0 Å². The number of hydrogen-bond acceptors (Lipinski definition) is 4. The Labute approximate surface area is 190 Å². The fourth-order valence-electron chi connectivity index (χ4n) is 3.41. The smallest absolute Gasteiger partial charge is 0.282 e. The van der Waals surface area contributed by atoms with E-state index in [9.17, 15) is 14.0 Å². The van der Waals surface area contributed by atoms with E-state index in [4.69, 9.17) is 16.3 Å². The van der Waals surface area contributed by atoms with Crippen LogP contribution in [0.25, 0.3) is 5.57 Å². The zero-order chi connectivity index (χ0) is 22.7. The molecule has 1 aliphatic rings. The molecule has 0 saturated heterocycles. The summed E-state index contributed by atoms with van der Waals surface area (Å²) in [6.07, 6.45) is 0.860. The Bertz CT molecular complexity index is 1210. The molecule has 3 aromatic rings. The van der Waals surface area contributed by atoms with Gasteiger partial charge >= 0.3 is 0 Å². The van der Waals surface area contributed by atoms with Crippen LogP contribution in [0.15, 0.2) is 78.5 Å². The average Bonchev–Trinajstić information content (AvgIpc) is 3.02. The number of amides is 2. The van der Waals surface area contributed by atoms with Crippen molar-refractivity contribution in [3.05, 3.63) is 94.9 Å². The summed E-state index contributed by atoms with van der Waals surface area (Å²) in [5.74, 6) is -0.849. The van der Waals surface area contributed by atoms with Crippen molar-refractivity contribution in [2.45, 2.75) is 13.3 Å². The second kappa shape index (κ2) is 9.24. The quantitative estimate of drug-likeness (QED) is 0.471. The molecule has 0 bridgehead atoms. The maximum absolute atomic E-state index is 13.5. The van der Waals surface area contributed by atoms with Gasteiger partial charge in [0.15, 0.2) is 0 Å². The number of carbonyl (C=O) groups excluding carboxylic acids is 2. The maximum atomic E-state index is 13.5. The first-order valence-electron chi connectivity index (χ1n) is 10.1. The third-order valence-corrected chi connectivity index (χ3v) is 5.09. The van der Waals surface area contributed by atoms with Crippen molar-refractivity contribution in [2.24, 2.45) is 0 Å². The first-order valence-corrected chi connectivity index (χ1v) is 10.5. The Kier molecular flexibility index (Phi) is 6.23. The Hall–Kier alpha value is -3.64. The van der Waals surface area contributed by atoms with Crippen LogP contribution in [-0.4, -0.2) is 18.4 Å². The highest BCUT2D eigenvalue weighted by atomic mass is 35.5. The first kappa shape index (κ1) is 21.6. The molecule has 1 N–H and O–H groups in total. The highest BCUT2D eigenvalue weighted by molar-refractivity contribution is 6.46. The normalized spacial score (nSPS) is 13.7. The highest BCUT2D eigenvalue weighted by Crippen LogP contribution is 2.35. The highest BCUT2D eigenvalue weighted by Gasteiger charge is 2.40. The lowest BCUT2D eigenvalue weighted by atomic mass is 10.0. The summed E-state index contributed by atoms with van der Waals surface area (Å²) in [5, 5.41) is 3.47. The number of halogens is 2. The van der Waals surface area contributed by atoms with Gasteiger partial charge in [-0.1, -0.05) is 42.8 Å². The van der Waals surface area contributed by atoms with Crippen LogP contribution >= 0.6 is 11.6 Å². The van der Waals surface area contributed by atoms with Crippen LogP contribution in [0.1, 0.15) is 18.9 Å². The van der Waals surface area contributed by atoms with Crippen molar-refractivity contribution in [2.75, 3.05) is 16.8 Å². The van der Waals surface area contributed by atoms with E-state index in [-0.39, 0.29) is 11.3 Å². The summed E-state index contributed by atoms with van der Waals surface area (Å²) < 4.78 is 19.2. The van der Waals surface area contributed by atoms with E-state index in [2.05, 4.69) is 5.32 Å². The standard InChI is InChI=1S/C25H20ClFN2O3/c1-2-13-32-21-8-4-6-19(15-21)28-23-22(16-9-11-18(27)12-10-16)24(30)29(25(23)31)20-7-3-5-17(26)14-20/h3-12,14-15,28H,2,13H2,1H3. The first-order chi connectivity index (χ1) is 15.5. The Morgan fingerprint density at radius 3 is 2.44 bits per heavy atom. The van der Waals surface area contributed by atoms with E-state index in [1.54, 1.807) is 42.5 Å². The molecule has 0 aliphatic carbocycles. The molecule has 1 aliphatic heterocycles. The van der Waals surface area contributed by atoms with E-state index in [1.165, 1.54) is 24.3 Å². The largest absolute Gasteiger partial charge is 0.494 e. The van der Waals surface area contributed by atoms with Gasteiger partial charge < -0.3 is 10.1 Å². The molecule has 0 radical (unpaired) electrons. The summed E-state index contributed by atoms with van der Waals surface area (Å²) in [7, 11) is 0. The van der Waals surface area contributed by atoms with Crippen molar-refractivity contribution < 1.29 is 18.7 Å². The molecular weight excluding hydrogens is 431 g/mol. The number of rotatable bonds is 7. The van der Waals surface area contributed by atoms with E-state index >= 15 is 0 Å². The second-order valence-corrected chi connectivity index (χ2v) is 7.62. The molecule has 3 aromatic carbocycles. The number of benzene rings is 3. The lowest BCUT2D eigenvalue weighted by molar-refractivity contribution is -0.120. The van der Waals surface area contributed by atoms with Gasteiger partial charge in [0.05, 0.1) is 17.9 Å². The van der Waals surface area contributed by atoms with E-state index in [1.807, 2.05) is 13.0 Å². The number of imide groups is 1. The fourth-order valence-corrected chi connectivity index (χ4v) is 3.59. The molecule has 0 unspecified atom stereocenters. The van der Waals surface area contributed by atoms with Crippen LogP contribution < -0.4 is 15.0 Å². The van der Waals surface area contributed by atoms with Crippen molar-refractivity contribution in [3.63, 3.8) is 0 Å². The van der Waals surface area contributed by atoms with Crippen LogP contribution in [0.4, 0.5) is 15.8 Å². The van der Waals surface area contributed by atoms with Crippen LogP contribution in [0.3, 0.4) is 0 Å². The monoisotopic (exact) mass is 450 g/mol.